The summed E-state index contributed by atoms with van der Waals surface area (Å²) in [5.74, 6) is 1.50. The summed E-state index contributed by atoms with van der Waals surface area (Å²) in [6, 6.07) is 10.6. The number of amides is 1. The van der Waals surface area contributed by atoms with E-state index in [1.54, 1.807) is 0 Å². The highest BCUT2D eigenvalue weighted by Gasteiger charge is 2.60. The van der Waals surface area contributed by atoms with Crippen molar-refractivity contribution >= 4 is 5.91 Å². The monoisotopic (exact) mass is 354 g/mol. The van der Waals surface area contributed by atoms with Gasteiger partial charge in [-0.25, -0.2) is 0 Å². The molecule has 5 aliphatic rings. The van der Waals surface area contributed by atoms with E-state index >= 15 is 0 Å². The van der Waals surface area contributed by atoms with Crippen molar-refractivity contribution in [2.75, 3.05) is 26.2 Å². The fourth-order valence-electron chi connectivity index (χ4n) is 6.75. The molecule has 1 saturated heterocycles. The molecule has 26 heavy (non-hydrogen) atoms. The van der Waals surface area contributed by atoms with Crippen LogP contribution < -0.4 is 0 Å². The van der Waals surface area contributed by atoms with Gasteiger partial charge < -0.3 is 10.0 Å². The lowest BCUT2D eigenvalue weighted by Gasteiger charge is -2.60. The van der Waals surface area contributed by atoms with Gasteiger partial charge in [-0.3, -0.25) is 9.69 Å². The molecular formula is C22H30N2O2. The van der Waals surface area contributed by atoms with E-state index in [2.05, 4.69) is 40.1 Å². The van der Waals surface area contributed by atoms with Gasteiger partial charge in [0.25, 0.3) is 0 Å². The third kappa shape index (κ3) is 2.87. The van der Waals surface area contributed by atoms with Crippen LogP contribution in [-0.4, -0.2) is 52.6 Å². The second-order valence-corrected chi connectivity index (χ2v) is 9.52. The van der Waals surface area contributed by atoms with Gasteiger partial charge in [-0.15, -0.1) is 0 Å². The minimum Gasteiger partial charge on any atom is -0.390 e. The molecule has 4 aliphatic carbocycles. The van der Waals surface area contributed by atoms with Gasteiger partial charge in [-0.05, 0) is 55.9 Å². The summed E-state index contributed by atoms with van der Waals surface area (Å²) < 4.78 is 0. The van der Waals surface area contributed by atoms with E-state index in [0.717, 1.165) is 64.8 Å². The minimum atomic E-state index is -0.547. The largest absolute Gasteiger partial charge is 0.390 e. The predicted molar refractivity (Wildman–Crippen MR) is 100 cm³/mol. The standard InChI is InChI=1S/C22H30N2O2/c25-20(21-11-18-10-19(12-21)14-22(26,13-18)16-21)24-8-6-23(7-9-24)15-17-4-2-1-3-5-17/h1-5,18-19,26H,6-16H2. The number of benzene rings is 1. The van der Waals surface area contributed by atoms with E-state index in [0.29, 0.717) is 17.7 Å². The van der Waals surface area contributed by atoms with Crippen LogP contribution in [0.5, 0.6) is 0 Å². The van der Waals surface area contributed by atoms with Crippen molar-refractivity contribution < 1.29 is 9.90 Å². The Hall–Kier alpha value is -1.39. The van der Waals surface area contributed by atoms with Crippen LogP contribution >= 0.6 is 0 Å². The number of hydrogen-bond acceptors (Lipinski definition) is 3. The van der Waals surface area contributed by atoms with Crippen LogP contribution in [0.15, 0.2) is 30.3 Å². The Morgan fingerprint density at radius 1 is 1.00 bits per heavy atom. The van der Waals surface area contributed by atoms with Crippen molar-refractivity contribution in [3.63, 3.8) is 0 Å². The Kier molecular flexibility index (Phi) is 3.91. The van der Waals surface area contributed by atoms with Gasteiger partial charge in [-0.2, -0.15) is 0 Å². The maximum Gasteiger partial charge on any atom is 0.229 e. The predicted octanol–water partition coefficient (Wildman–Crippen LogP) is 2.66. The second kappa shape index (κ2) is 6.07. The zero-order valence-corrected chi connectivity index (χ0v) is 15.6. The second-order valence-electron chi connectivity index (χ2n) is 9.52. The van der Waals surface area contributed by atoms with Crippen molar-refractivity contribution in [1.29, 1.82) is 0 Å². The molecule has 1 amide bonds. The third-order valence-corrected chi connectivity index (χ3v) is 7.39. The van der Waals surface area contributed by atoms with Crippen LogP contribution in [0.3, 0.4) is 0 Å². The van der Waals surface area contributed by atoms with Gasteiger partial charge in [0.15, 0.2) is 0 Å². The highest BCUT2D eigenvalue weighted by Crippen LogP contribution is 2.62. The molecule has 1 aliphatic heterocycles. The van der Waals surface area contributed by atoms with Crippen LogP contribution in [0.2, 0.25) is 0 Å². The average Bonchev–Trinajstić information content (AvgIpc) is 2.60. The maximum atomic E-state index is 13.5. The lowest BCUT2D eigenvalue weighted by molar-refractivity contribution is -0.187. The van der Waals surface area contributed by atoms with E-state index < -0.39 is 5.60 Å². The van der Waals surface area contributed by atoms with Crippen molar-refractivity contribution in [3.05, 3.63) is 35.9 Å². The molecule has 6 rings (SSSR count). The highest BCUT2D eigenvalue weighted by molar-refractivity contribution is 5.83. The molecule has 4 nitrogen and oxygen atoms in total. The van der Waals surface area contributed by atoms with E-state index in [1.165, 1.54) is 12.0 Å². The lowest BCUT2D eigenvalue weighted by atomic mass is 9.47. The molecule has 0 aromatic heterocycles. The van der Waals surface area contributed by atoms with Crippen molar-refractivity contribution in [2.24, 2.45) is 17.3 Å². The number of carbonyl (C=O) groups is 1. The van der Waals surface area contributed by atoms with E-state index in [9.17, 15) is 9.90 Å². The molecule has 4 bridgehead atoms. The average molecular weight is 354 g/mol. The van der Waals surface area contributed by atoms with Gasteiger partial charge in [0, 0.05) is 32.7 Å². The highest BCUT2D eigenvalue weighted by atomic mass is 16.3. The van der Waals surface area contributed by atoms with Gasteiger partial charge in [0.2, 0.25) is 5.91 Å². The van der Waals surface area contributed by atoms with Crippen molar-refractivity contribution in [1.82, 2.24) is 9.80 Å². The molecule has 2 atom stereocenters. The smallest absolute Gasteiger partial charge is 0.229 e. The summed E-state index contributed by atoms with van der Waals surface area (Å²) in [4.78, 5) is 18.0. The Labute approximate surface area is 156 Å². The molecule has 5 fully saturated rings. The van der Waals surface area contributed by atoms with Crippen LogP contribution in [0.1, 0.15) is 44.1 Å². The summed E-state index contributed by atoms with van der Waals surface area (Å²) in [7, 11) is 0. The normalized spacial score (nSPS) is 39.3. The zero-order valence-electron chi connectivity index (χ0n) is 15.6. The molecule has 140 valence electrons. The fourth-order valence-corrected chi connectivity index (χ4v) is 6.75. The Balaban J connectivity index is 1.24. The molecule has 4 saturated carbocycles. The Morgan fingerprint density at radius 2 is 1.65 bits per heavy atom. The van der Waals surface area contributed by atoms with Gasteiger partial charge in [-0.1, -0.05) is 30.3 Å². The fraction of sp³-hybridized carbons (Fsp3) is 0.682. The number of nitrogens with zero attached hydrogens (tertiary/aromatic N) is 2. The van der Waals surface area contributed by atoms with Gasteiger partial charge >= 0.3 is 0 Å². The number of hydrogen-bond donors (Lipinski definition) is 1. The van der Waals surface area contributed by atoms with Gasteiger partial charge in [0.1, 0.15) is 0 Å². The van der Waals surface area contributed by atoms with Crippen molar-refractivity contribution in [3.8, 4) is 0 Å². The molecule has 0 spiro atoms. The Morgan fingerprint density at radius 3 is 2.27 bits per heavy atom. The number of carbonyl (C=O) groups excluding carboxylic acids is 1. The van der Waals surface area contributed by atoms with Crippen LogP contribution in [-0.2, 0) is 11.3 Å². The zero-order chi connectivity index (χ0) is 17.8. The van der Waals surface area contributed by atoms with E-state index in [-0.39, 0.29) is 5.41 Å². The first-order valence-corrected chi connectivity index (χ1v) is 10.3. The topological polar surface area (TPSA) is 43.8 Å². The molecule has 4 heteroatoms. The number of piperazine rings is 1. The molecule has 0 radical (unpaired) electrons. The molecular weight excluding hydrogens is 324 g/mol. The molecule has 1 aromatic rings. The lowest BCUT2D eigenvalue weighted by Crippen LogP contribution is -2.62. The summed E-state index contributed by atoms with van der Waals surface area (Å²) >= 11 is 0. The maximum absolute atomic E-state index is 13.5. The van der Waals surface area contributed by atoms with Crippen LogP contribution in [0.4, 0.5) is 0 Å². The summed E-state index contributed by atoms with van der Waals surface area (Å²) in [6.07, 6.45) is 5.87. The minimum absolute atomic E-state index is 0.250. The van der Waals surface area contributed by atoms with Crippen LogP contribution in [0.25, 0.3) is 0 Å². The SMILES string of the molecule is O=C(N1CCN(Cc2ccccc2)CC1)C12CC3CC(CC(O)(C3)C1)C2. The summed E-state index contributed by atoms with van der Waals surface area (Å²) in [6.45, 7) is 4.54. The third-order valence-electron chi connectivity index (χ3n) is 7.39. The molecule has 2 unspecified atom stereocenters. The first-order valence-electron chi connectivity index (χ1n) is 10.3. The summed E-state index contributed by atoms with van der Waals surface area (Å²) in [5, 5.41) is 10.9. The molecule has 1 N–H and O–H groups in total. The van der Waals surface area contributed by atoms with E-state index in [4.69, 9.17) is 0 Å². The quantitative estimate of drug-likeness (QED) is 0.908. The number of aliphatic hydroxyl groups is 1. The first-order chi connectivity index (χ1) is 12.5. The van der Waals surface area contributed by atoms with Crippen LogP contribution in [0, 0.1) is 17.3 Å². The Bertz CT molecular complexity index is 667. The van der Waals surface area contributed by atoms with Gasteiger partial charge in [0.05, 0.1) is 11.0 Å². The molecule has 1 heterocycles. The van der Waals surface area contributed by atoms with Crippen molar-refractivity contribution in [2.45, 2.75) is 50.7 Å². The number of rotatable bonds is 3. The van der Waals surface area contributed by atoms with E-state index in [1.807, 2.05) is 0 Å². The summed E-state index contributed by atoms with van der Waals surface area (Å²) in [5.41, 5.74) is 0.547. The molecule has 1 aromatic carbocycles. The first kappa shape index (κ1) is 16.8.